The molecule has 0 saturated carbocycles. The molecule has 0 aliphatic heterocycles. The number of nitrogens with zero attached hydrogens (tertiary/aromatic N) is 1. The van der Waals surface area contributed by atoms with Gasteiger partial charge in [-0.1, -0.05) is 36.4 Å². The van der Waals surface area contributed by atoms with Gasteiger partial charge in [-0.15, -0.1) is 0 Å². The summed E-state index contributed by atoms with van der Waals surface area (Å²) in [5, 5.41) is 14.5. The average molecular weight is 322 g/mol. The minimum atomic E-state index is -0.467. The van der Waals surface area contributed by atoms with Gasteiger partial charge in [0, 0.05) is 29.6 Å². The SMILES string of the molecule is O=C(/C=C/c1cc2ccccc2o1)NCc1ccccc1[N+](=O)[O-]. The summed E-state index contributed by atoms with van der Waals surface area (Å²) in [6, 6.07) is 15.7. The Balaban J connectivity index is 1.64. The highest BCUT2D eigenvalue weighted by Gasteiger charge is 2.12. The van der Waals surface area contributed by atoms with Crippen molar-refractivity contribution in [1.82, 2.24) is 5.32 Å². The van der Waals surface area contributed by atoms with Gasteiger partial charge in [-0.05, 0) is 18.2 Å². The van der Waals surface area contributed by atoms with Crippen LogP contribution >= 0.6 is 0 Å². The monoisotopic (exact) mass is 322 g/mol. The summed E-state index contributed by atoms with van der Waals surface area (Å²) >= 11 is 0. The maximum Gasteiger partial charge on any atom is 0.274 e. The molecule has 6 nitrogen and oxygen atoms in total. The molecule has 1 N–H and O–H groups in total. The first-order valence-electron chi connectivity index (χ1n) is 7.30. The van der Waals surface area contributed by atoms with Gasteiger partial charge in [0.05, 0.1) is 4.92 Å². The Bertz CT molecular complexity index is 894. The summed E-state index contributed by atoms with van der Waals surface area (Å²) in [6.07, 6.45) is 2.90. The topological polar surface area (TPSA) is 85.4 Å². The molecular weight excluding hydrogens is 308 g/mol. The van der Waals surface area contributed by atoms with E-state index in [0.717, 1.165) is 11.0 Å². The summed E-state index contributed by atoms with van der Waals surface area (Å²) in [5.41, 5.74) is 1.18. The van der Waals surface area contributed by atoms with Crippen LogP contribution in [0.5, 0.6) is 0 Å². The van der Waals surface area contributed by atoms with E-state index in [1.807, 2.05) is 30.3 Å². The fourth-order valence-electron chi connectivity index (χ4n) is 2.32. The third-order valence-corrected chi connectivity index (χ3v) is 3.48. The first-order valence-corrected chi connectivity index (χ1v) is 7.30. The van der Waals surface area contributed by atoms with Crippen LogP contribution in [-0.4, -0.2) is 10.8 Å². The second-order valence-electron chi connectivity index (χ2n) is 5.12. The minimum absolute atomic E-state index is 0.0148. The Morgan fingerprint density at radius 3 is 2.71 bits per heavy atom. The smallest absolute Gasteiger partial charge is 0.274 e. The quantitative estimate of drug-likeness (QED) is 0.441. The molecule has 120 valence electrons. The van der Waals surface area contributed by atoms with Crippen LogP contribution < -0.4 is 5.32 Å². The number of nitrogens with one attached hydrogen (secondary N) is 1. The Hall–Kier alpha value is -3.41. The van der Waals surface area contributed by atoms with Gasteiger partial charge >= 0.3 is 0 Å². The number of carbonyl (C=O) groups is 1. The highest BCUT2D eigenvalue weighted by molar-refractivity contribution is 5.92. The number of rotatable bonds is 5. The van der Waals surface area contributed by atoms with Crippen LogP contribution in [0.3, 0.4) is 0 Å². The van der Waals surface area contributed by atoms with E-state index in [9.17, 15) is 14.9 Å². The van der Waals surface area contributed by atoms with Crippen molar-refractivity contribution >= 4 is 28.6 Å². The van der Waals surface area contributed by atoms with Gasteiger partial charge in [0.1, 0.15) is 11.3 Å². The highest BCUT2D eigenvalue weighted by Crippen LogP contribution is 2.20. The van der Waals surface area contributed by atoms with Gasteiger partial charge in [0.25, 0.3) is 5.69 Å². The van der Waals surface area contributed by atoms with Crippen molar-refractivity contribution in [3.05, 3.63) is 82.1 Å². The second kappa shape index (κ2) is 6.78. The van der Waals surface area contributed by atoms with Crippen molar-refractivity contribution in [2.45, 2.75) is 6.54 Å². The third kappa shape index (κ3) is 3.49. The van der Waals surface area contributed by atoms with Crippen molar-refractivity contribution in [2.24, 2.45) is 0 Å². The fourth-order valence-corrected chi connectivity index (χ4v) is 2.32. The van der Waals surface area contributed by atoms with Crippen LogP contribution in [-0.2, 0) is 11.3 Å². The van der Waals surface area contributed by atoms with Gasteiger partial charge in [-0.2, -0.15) is 0 Å². The number of fused-ring (bicyclic) bond motifs is 1. The Morgan fingerprint density at radius 1 is 1.17 bits per heavy atom. The predicted octanol–water partition coefficient (Wildman–Crippen LogP) is 3.67. The molecule has 0 saturated heterocycles. The molecule has 3 aromatic rings. The molecule has 3 rings (SSSR count). The summed E-state index contributed by atoms with van der Waals surface area (Å²) < 4.78 is 5.58. The number of nitro benzene ring substituents is 1. The molecule has 0 bridgehead atoms. The maximum atomic E-state index is 11.9. The predicted molar refractivity (Wildman–Crippen MR) is 90.2 cm³/mol. The first kappa shape index (κ1) is 15.5. The maximum absolute atomic E-state index is 11.9. The number of amides is 1. The van der Waals surface area contributed by atoms with Crippen LogP contribution in [0.4, 0.5) is 5.69 Å². The van der Waals surface area contributed by atoms with Gasteiger partial charge < -0.3 is 9.73 Å². The molecule has 0 aliphatic rings. The van der Waals surface area contributed by atoms with E-state index in [-0.39, 0.29) is 18.1 Å². The highest BCUT2D eigenvalue weighted by atomic mass is 16.6. The van der Waals surface area contributed by atoms with Crippen LogP contribution in [0.15, 0.2) is 65.1 Å². The molecule has 24 heavy (non-hydrogen) atoms. The molecule has 1 heterocycles. The minimum Gasteiger partial charge on any atom is -0.457 e. The summed E-state index contributed by atoms with van der Waals surface area (Å²) in [4.78, 5) is 22.3. The lowest BCUT2D eigenvalue weighted by atomic mass is 10.2. The fraction of sp³-hybridized carbons (Fsp3) is 0.0556. The molecule has 2 aromatic carbocycles. The largest absolute Gasteiger partial charge is 0.457 e. The van der Waals surface area contributed by atoms with Gasteiger partial charge in [0.15, 0.2) is 0 Å². The van der Waals surface area contributed by atoms with Crippen molar-refractivity contribution in [3.63, 3.8) is 0 Å². The lowest BCUT2D eigenvalue weighted by Gasteiger charge is -2.03. The zero-order valence-electron chi connectivity index (χ0n) is 12.6. The molecular formula is C18H14N2O4. The summed E-state index contributed by atoms with van der Waals surface area (Å²) in [5.74, 6) is 0.214. The third-order valence-electron chi connectivity index (χ3n) is 3.48. The van der Waals surface area contributed by atoms with Crippen LogP contribution in [0.25, 0.3) is 17.0 Å². The Morgan fingerprint density at radius 2 is 1.92 bits per heavy atom. The number of carbonyl (C=O) groups excluding carboxylic acids is 1. The van der Waals surface area contributed by atoms with Crippen molar-refractivity contribution in [3.8, 4) is 0 Å². The molecule has 1 amide bonds. The van der Waals surface area contributed by atoms with E-state index >= 15 is 0 Å². The number of para-hydroxylation sites is 2. The molecule has 0 fully saturated rings. The number of hydrogen-bond acceptors (Lipinski definition) is 4. The molecule has 6 heteroatoms. The first-order chi connectivity index (χ1) is 11.6. The van der Waals surface area contributed by atoms with Crippen LogP contribution in [0, 0.1) is 10.1 Å². The van der Waals surface area contributed by atoms with Gasteiger partial charge in [-0.25, -0.2) is 0 Å². The van der Waals surface area contributed by atoms with Crippen LogP contribution in [0.1, 0.15) is 11.3 Å². The van der Waals surface area contributed by atoms with Crippen molar-refractivity contribution in [2.75, 3.05) is 0 Å². The van der Waals surface area contributed by atoms with E-state index in [1.54, 1.807) is 24.3 Å². The van der Waals surface area contributed by atoms with Crippen LogP contribution in [0.2, 0.25) is 0 Å². The number of hydrogen-bond donors (Lipinski definition) is 1. The van der Waals surface area contributed by atoms with Crippen molar-refractivity contribution in [1.29, 1.82) is 0 Å². The molecule has 0 aliphatic carbocycles. The number of furan rings is 1. The Kier molecular flexibility index (Phi) is 4.38. The molecule has 0 atom stereocenters. The standard InChI is InChI=1S/C18H14N2O4/c21-18(19-12-14-6-1-3-7-16(14)20(22)23)10-9-15-11-13-5-2-4-8-17(13)24-15/h1-11H,12H2,(H,19,21)/b10-9+. The lowest BCUT2D eigenvalue weighted by Crippen LogP contribution is -2.20. The van der Waals surface area contributed by atoms with E-state index in [1.165, 1.54) is 12.1 Å². The number of benzene rings is 2. The van der Waals surface area contributed by atoms with Crippen molar-refractivity contribution < 1.29 is 14.1 Å². The normalized spacial score (nSPS) is 11.0. The van der Waals surface area contributed by atoms with E-state index in [2.05, 4.69) is 5.32 Å². The molecule has 0 radical (unpaired) electrons. The zero-order valence-corrected chi connectivity index (χ0v) is 12.6. The van der Waals surface area contributed by atoms with E-state index < -0.39 is 4.92 Å². The summed E-state index contributed by atoms with van der Waals surface area (Å²) in [6.45, 7) is 0.0838. The van der Waals surface area contributed by atoms with Gasteiger partial charge in [0.2, 0.25) is 5.91 Å². The van der Waals surface area contributed by atoms with E-state index in [4.69, 9.17) is 4.42 Å². The number of nitro groups is 1. The Labute approximate surface area is 137 Å². The molecule has 0 spiro atoms. The lowest BCUT2D eigenvalue weighted by molar-refractivity contribution is -0.385. The molecule has 1 aromatic heterocycles. The van der Waals surface area contributed by atoms with E-state index in [0.29, 0.717) is 11.3 Å². The molecule has 0 unspecified atom stereocenters. The zero-order chi connectivity index (χ0) is 16.9. The second-order valence-corrected chi connectivity index (χ2v) is 5.12. The van der Waals surface area contributed by atoms with Gasteiger partial charge in [-0.3, -0.25) is 14.9 Å². The average Bonchev–Trinajstić information content (AvgIpc) is 3.01. The summed E-state index contributed by atoms with van der Waals surface area (Å²) in [7, 11) is 0.